The first-order valence-corrected chi connectivity index (χ1v) is 11.8. The predicted molar refractivity (Wildman–Crippen MR) is 134 cm³/mol. The number of aryl methyl sites for hydroxylation is 2. The normalized spacial score (nSPS) is 14.6. The number of nitrogens with one attached hydrogen (secondary N) is 1. The third kappa shape index (κ3) is 4.52. The van der Waals surface area contributed by atoms with E-state index in [1.165, 1.54) is 12.1 Å². The first-order valence-electron chi connectivity index (χ1n) is 11.8. The Kier molecular flexibility index (Phi) is 5.73. The molecule has 1 aliphatic heterocycles. The molecule has 36 heavy (non-hydrogen) atoms. The van der Waals surface area contributed by atoms with E-state index in [0.29, 0.717) is 60.0 Å². The number of nitrogens with zero attached hydrogens (tertiary/aromatic N) is 6. The summed E-state index contributed by atoms with van der Waals surface area (Å²) in [5.74, 6) is -0.629. The van der Waals surface area contributed by atoms with Gasteiger partial charge in [-0.2, -0.15) is 5.10 Å². The smallest absolute Gasteiger partial charge is 0.410 e. The highest BCUT2D eigenvalue weighted by molar-refractivity contribution is 5.94. The fourth-order valence-corrected chi connectivity index (χ4v) is 4.45. The van der Waals surface area contributed by atoms with Crippen molar-refractivity contribution in [3.63, 3.8) is 0 Å². The third-order valence-electron chi connectivity index (χ3n) is 6.08. The van der Waals surface area contributed by atoms with Gasteiger partial charge in [-0.15, -0.1) is 0 Å². The monoisotopic (exact) mass is 497 g/mol. The molecule has 0 atom stereocenters. The highest BCUT2D eigenvalue weighted by Gasteiger charge is 2.27. The van der Waals surface area contributed by atoms with E-state index in [1.54, 1.807) is 40.3 Å². The van der Waals surface area contributed by atoms with E-state index in [-0.39, 0.29) is 11.7 Å². The van der Waals surface area contributed by atoms with Crippen molar-refractivity contribution in [2.24, 2.45) is 7.05 Å². The molecule has 1 aliphatic rings. The molecule has 4 aromatic rings. The van der Waals surface area contributed by atoms with E-state index in [9.17, 15) is 9.18 Å². The van der Waals surface area contributed by atoms with Crippen molar-refractivity contribution in [2.45, 2.75) is 33.3 Å². The maximum Gasteiger partial charge on any atom is 0.410 e. The Morgan fingerprint density at radius 1 is 1.06 bits per heavy atom. The number of hydrogen-bond acceptors (Lipinski definition) is 6. The second-order valence-corrected chi connectivity index (χ2v) is 10.1. The number of benzene rings is 1. The Bertz CT molecular complexity index is 1460. The Balaban J connectivity index is 1.38. The van der Waals surface area contributed by atoms with E-state index < -0.39 is 17.2 Å². The van der Waals surface area contributed by atoms with Gasteiger partial charge in [-0.1, -0.05) is 0 Å². The summed E-state index contributed by atoms with van der Waals surface area (Å²) >= 11 is 0. The number of hydrogen-bond donors (Lipinski definition) is 1. The quantitative estimate of drug-likeness (QED) is 0.445. The van der Waals surface area contributed by atoms with Crippen molar-refractivity contribution >= 4 is 39.8 Å². The molecule has 11 heteroatoms. The molecule has 190 valence electrons. The van der Waals surface area contributed by atoms with Gasteiger partial charge in [-0.3, -0.25) is 4.68 Å². The van der Waals surface area contributed by atoms with Crippen LogP contribution in [0.3, 0.4) is 0 Å². The Morgan fingerprint density at radius 2 is 1.78 bits per heavy atom. The molecule has 1 N–H and O–H groups in total. The van der Waals surface area contributed by atoms with Gasteiger partial charge in [0.05, 0.1) is 22.3 Å². The first-order chi connectivity index (χ1) is 17.0. The summed E-state index contributed by atoms with van der Waals surface area (Å²) in [7, 11) is 1.74. The van der Waals surface area contributed by atoms with Gasteiger partial charge in [0.25, 0.3) is 0 Å². The molecule has 3 aromatic heterocycles. The molecule has 0 radical (unpaired) electrons. The van der Waals surface area contributed by atoms with Crippen LogP contribution in [-0.2, 0) is 11.8 Å². The summed E-state index contributed by atoms with van der Waals surface area (Å²) < 4.78 is 38.6. The van der Waals surface area contributed by atoms with Crippen molar-refractivity contribution in [3.05, 3.63) is 47.9 Å². The maximum absolute atomic E-state index is 15.4. The van der Waals surface area contributed by atoms with Crippen LogP contribution >= 0.6 is 0 Å². The number of ether oxygens (including phenoxy) is 1. The van der Waals surface area contributed by atoms with Crippen LogP contribution in [0.1, 0.15) is 26.5 Å². The molecule has 1 amide bonds. The van der Waals surface area contributed by atoms with Gasteiger partial charge in [0.2, 0.25) is 0 Å². The van der Waals surface area contributed by atoms with Gasteiger partial charge in [-0.05, 0) is 39.8 Å². The van der Waals surface area contributed by atoms with E-state index in [1.807, 2.05) is 31.7 Å². The van der Waals surface area contributed by atoms with Crippen LogP contribution < -0.4 is 10.2 Å². The number of imidazole rings is 1. The van der Waals surface area contributed by atoms with Crippen LogP contribution in [0, 0.1) is 18.6 Å². The van der Waals surface area contributed by atoms with Crippen LogP contribution in [0.5, 0.6) is 0 Å². The molecule has 5 rings (SSSR count). The SMILES string of the molecule is Cc1cn2cc(Nc3nn(C)c4cc(N5CCN(C(=O)OC(C)(C)C)CC5)cc(F)c34)cc(F)c2n1. The molecule has 0 unspecified atom stereocenters. The number of halogens is 2. The zero-order valence-corrected chi connectivity index (χ0v) is 21.0. The van der Waals surface area contributed by atoms with Crippen molar-refractivity contribution in [2.75, 3.05) is 36.4 Å². The number of anilines is 3. The molecular weight excluding hydrogens is 468 g/mol. The third-order valence-corrected chi connectivity index (χ3v) is 6.08. The van der Waals surface area contributed by atoms with Crippen LogP contribution in [0.25, 0.3) is 16.6 Å². The second-order valence-electron chi connectivity index (χ2n) is 10.1. The average molecular weight is 498 g/mol. The summed E-state index contributed by atoms with van der Waals surface area (Å²) in [6, 6.07) is 4.67. The minimum Gasteiger partial charge on any atom is -0.444 e. The molecule has 0 saturated carbocycles. The molecule has 1 saturated heterocycles. The number of carbonyl (C=O) groups is 1. The standard InChI is InChI=1S/C25H29F2N7O2/c1-15-13-34-14-16(10-19(27)23(34)28-15)29-22-21-18(26)11-17(12-20(21)31(5)30-22)32-6-8-33(9-7-32)24(35)36-25(2,3)4/h10-14H,6-9H2,1-5H3,(H,29,30). The molecule has 4 heterocycles. The minimum absolute atomic E-state index is 0.228. The van der Waals surface area contributed by atoms with E-state index >= 15 is 4.39 Å². The highest BCUT2D eigenvalue weighted by Crippen LogP contribution is 2.32. The van der Waals surface area contributed by atoms with E-state index in [2.05, 4.69) is 15.4 Å². The molecule has 1 fully saturated rings. The lowest BCUT2D eigenvalue weighted by molar-refractivity contribution is 0.0240. The zero-order chi connectivity index (χ0) is 25.8. The average Bonchev–Trinajstić information content (AvgIpc) is 3.32. The predicted octanol–water partition coefficient (Wildman–Crippen LogP) is 4.61. The number of pyridine rings is 1. The van der Waals surface area contributed by atoms with Crippen LogP contribution in [0.2, 0.25) is 0 Å². The fourth-order valence-electron chi connectivity index (χ4n) is 4.45. The fraction of sp³-hybridized carbons (Fsp3) is 0.400. The summed E-state index contributed by atoms with van der Waals surface area (Å²) in [5, 5.41) is 7.82. The van der Waals surface area contributed by atoms with Gasteiger partial charge >= 0.3 is 6.09 Å². The molecule has 1 aromatic carbocycles. The van der Waals surface area contributed by atoms with Crippen molar-refractivity contribution < 1.29 is 18.3 Å². The summed E-state index contributed by atoms with van der Waals surface area (Å²) in [5.41, 5.74) is 2.11. The summed E-state index contributed by atoms with van der Waals surface area (Å²) in [6.45, 7) is 9.36. The Morgan fingerprint density at radius 3 is 2.47 bits per heavy atom. The molecule has 0 bridgehead atoms. The summed E-state index contributed by atoms with van der Waals surface area (Å²) in [4.78, 5) is 20.2. The molecule has 0 aliphatic carbocycles. The Labute approximate surface area is 207 Å². The number of amides is 1. The van der Waals surface area contributed by atoms with Crippen molar-refractivity contribution in [3.8, 4) is 0 Å². The van der Waals surface area contributed by atoms with Gasteiger partial charge in [-0.25, -0.2) is 18.6 Å². The lowest BCUT2D eigenvalue weighted by Crippen LogP contribution is -2.50. The molecule has 9 nitrogen and oxygen atoms in total. The zero-order valence-electron chi connectivity index (χ0n) is 21.0. The van der Waals surface area contributed by atoms with E-state index in [0.717, 1.165) is 0 Å². The number of fused-ring (bicyclic) bond motifs is 2. The number of rotatable bonds is 3. The van der Waals surface area contributed by atoms with Crippen LogP contribution in [-0.4, -0.2) is 61.9 Å². The molecular formula is C25H29F2N7O2. The molecule has 0 spiro atoms. The number of piperazine rings is 1. The topological polar surface area (TPSA) is 79.9 Å². The van der Waals surface area contributed by atoms with Gasteiger partial charge in [0, 0.05) is 57.4 Å². The second kappa shape index (κ2) is 8.65. The number of carbonyl (C=O) groups excluding carboxylic acids is 1. The van der Waals surface area contributed by atoms with Crippen molar-refractivity contribution in [1.29, 1.82) is 0 Å². The van der Waals surface area contributed by atoms with Crippen LogP contribution in [0.15, 0.2) is 30.6 Å². The van der Waals surface area contributed by atoms with Gasteiger partial charge < -0.3 is 24.3 Å². The number of aromatic nitrogens is 4. The van der Waals surface area contributed by atoms with E-state index in [4.69, 9.17) is 4.74 Å². The first kappa shape index (κ1) is 23.8. The largest absolute Gasteiger partial charge is 0.444 e. The maximum atomic E-state index is 15.4. The van der Waals surface area contributed by atoms with Gasteiger partial charge in [0.15, 0.2) is 17.3 Å². The Hall–Kier alpha value is -3.89. The van der Waals surface area contributed by atoms with Crippen molar-refractivity contribution in [1.82, 2.24) is 24.1 Å². The lowest BCUT2D eigenvalue weighted by Gasteiger charge is -2.36. The van der Waals surface area contributed by atoms with Gasteiger partial charge in [0.1, 0.15) is 11.4 Å². The lowest BCUT2D eigenvalue weighted by atomic mass is 10.1. The van der Waals surface area contributed by atoms with Crippen LogP contribution in [0.4, 0.5) is 30.8 Å². The minimum atomic E-state index is -0.553. The summed E-state index contributed by atoms with van der Waals surface area (Å²) in [6.07, 6.45) is 3.07. The highest BCUT2D eigenvalue weighted by atomic mass is 19.1.